The average molecular weight is 342 g/mol. The number of fused-ring (bicyclic) bond motifs is 1. The van der Waals surface area contributed by atoms with Gasteiger partial charge in [-0.25, -0.2) is 9.97 Å². The first-order valence-electron chi connectivity index (χ1n) is 8.81. The second-order valence-corrected chi connectivity index (χ2v) is 6.89. The van der Waals surface area contributed by atoms with Gasteiger partial charge in [0.25, 0.3) is 5.91 Å². The van der Waals surface area contributed by atoms with Crippen LogP contribution >= 0.6 is 0 Å². The van der Waals surface area contributed by atoms with E-state index < -0.39 is 0 Å². The normalized spacial score (nSPS) is 16.4. The summed E-state index contributed by atoms with van der Waals surface area (Å²) < 4.78 is 1.98. The predicted molar refractivity (Wildman–Crippen MR) is 94.9 cm³/mol. The van der Waals surface area contributed by atoms with Crippen molar-refractivity contribution >= 4 is 5.91 Å². The summed E-state index contributed by atoms with van der Waals surface area (Å²) in [5, 5.41) is 4.57. The van der Waals surface area contributed by atoms with Crippen molar-refractivity contribution < 1.29 is 4.79 Å². The van der Waals surface area contributed by atoms with Gasteiger partial charge in [0.15, 0.2) is 5.69 Å². The molecule has 0 fully saturated rings. The zero-order valence-corrected chi connectivity index (χ0v) is 15.4. The van der Waals surface area contributed by atoms with Gasteiger partial charge in [0.2, 0.25) is 0 Å². The molecule has 3 rings (SSSR count). The molecule has 0 saturated carbocycles. The van der Waals surface area contributed by atoms with E-state index in [1.807, 2.05) is 23.7 Å². The summed E-state index contributed by atoms with van der Waals surface area (Å²) >= 11 is 0. The monoisotopic (exact) mass is 342 g/mol. The Morgan fingerprint density at radius 2 is 2.08 bits per heavy atom. The van der Waals surface area contributed by atoms with Gasteiger partial charge >= 0.3 is 0 Å². The molecule has 0 radical (unpaired) electrons. The zero-order chi connectivity index (χ0) is 18.0. The van der Waals surface area contributed by atoms with Crippen molar-refractivity contribution in [3.8, 4) is 0 Å². The summed E-state index contributed by atoms with van der Waals surface area (Å²) in [5.74, 6) is -0.0808. The molecule has 0 saturated heterocycles. The van der Waals surface area contributed by atoms with Crippen molar-refractivity contribution in [1.29, 1.82) is 0 Å². The molecule has 0 aromatic carbocycles. The van der Waals surface area contributed by atoms with Gasteiger partial charge in [0, 0.05) is 38.9 Å². The van der Waals surface area contributed by atoms with Gasteiger partial charge in [-0.1, -0.05) is 0 Å². The fourth-order valence-corrected chi connectivity index (χ4v) is 3.14. The predicted octanol–water partition coefficient (Wildman–Crippen LogP) is 2.12. The molecule has 25 heavy (non-hydrogen) atoms. The van der Waals surface area contributed by atoms with Gasteiger partial charge in [-0.05, 0) is 39.3 Å². The highest BCUT2D eigenvalue weighted by Gasteiger charge is 2.25. The van der Waals surface area contributed by atoms with E-state index in [4.69, 9.17) is 0 Å². The Balaban J connectivity index is 1.78. The van der Waals surface area contributed by atoms with E-state index in [2.05, 4.69) is 33.8 Å². The lowest BCUT2D eigenvalue weighted by Crippen LogP contribution is -2.31. The molecule has 0 N–H and O–H groups in total. The zero-order valence-electron chi connectivity index (χ0n) is 15.4. The molecule has 2 aromatic rings. The van der Waals surface area contributed by atoms with Crippen LogP contribution in [0.15, 0.2) is 24.7 Å². The van der Waals surface area contributed by atoms with Gasteiger partial charge < -0.3 is 4.90 Å². The summed E-state index contributed by atoms with van der Waals surface area (Å²) in [5.41, 5.74) is 2.43. The van der Waals surface area contributed by atoms with Crippen LogP contribution in [0.5, 0.6) is 0 Å². The fraction of sp³-hybridized carbons (Fsp3) is 0.556. The van der Waals surface area contributed by atoms with Gasteiger partial charge in [0.1, 0.15) is 6.33 Å². The maximum absolute atomic E-state index is 12.9. The number of hydrogen-bond acceptors (Lipinski definition) is 5. The van der Waals surface area contributed by atoms with Crippen LogP contribution in [0.4, 0.5) is 0 Å². The van der Waals surface area contributed by atoms with E-state index in [1.165, 1.54) is 6.33 Å². The molecule has 1 aliphatic rings. The highest BCUT2D eigenvalue weighted by Crippen LogP contribution is 2.20. The number of aryl methyl sites for hydroxylation is 1. The molecule has 2 aromatic heterocycles. The van der Waals surface area contributed by atoms with Gasteiger partial charge in [-0.2, -0.15) is 5.10 Å². The topological polar surface area (TPSA) is 67.2 Å². The minimum atomic E-state index is -0.135. The van der Waals surface area contributed by atoms with Crippen molar-refractivity contribution in [3.05, 3.63) is 41.7 Å². The number of amides is 1. The largest absolute Gasteiger partial charge is 0.332 e. The summed E-state index contributed by atoms with van der Waals surface area (Å²) in [6.07, 6.45) is 4.24. The SMILES string of the molecule is CC(C)N1CCCn2nc(C(=O)N(C)[C@@H](C)c3ccncn3)cc2C1. The Bertz CT molecular complexity index is 726. The van der Waals surface area contributed by atoms with E-state index in [9.17, 15) is 4.79 Å². The standard InChI is InChI=1S/C18H26N6O/c1-13(2)23-8-5-9-24-15(11-23)10-17(21-24)18(25)22(4)14(3)16-6-7-19-12-20-16/h6-7,10,12-14H,5,8-9,11H2,1-4H3/t14-/m0/s1. The van der Waals surface area contributed by atoms with Crippen LogP contribution in [0, 0.1) is 0 Å². The maximum atomic E-state index is 12.9. The molecule has 7 nitrogen and oxygen atoms in total. The van der Waals surface area contributed by atoms with Crippen LogP contribution in [0.3, 0.4) is 0 Å². The van der Waals surface area contributed by atoms with E-state index in [0.717, 1.165) is 37.4 Å². The lowest BCUT2D eigenvalue weighted by atomic mass is 10.2. The Labute approximate surface area is 148 Å². The number of aromatic nitrogens is 4. The minimum Gasteiger partial charge on any atom is -0.332 e. The lowest BCUT2D eigenvalue weighted by Gasteiger charge is -2.24. The van der Waals surface area contributed by atoms with Crippen molar-refractivity contribution in [2.75, 3.05) is 13.6 Å². The highest BCUT2D eigenvalue weighted by molar-refractivity contribution is 5.92. The Hall–Kier alpha value is -2.28. The highest BCUT2D eigenvalue weighted by atomic mass is 16.2. The van der Waals surface area contributed by atoms with Crippen LogP contribution < -0.4 is 0 Å². The number of rotatable bonds is 4. The molecule has 1 aliphatic heterocycles. The van der Waals surface area contributed by atoms with Crippen molar-refractivity contribution in [1.82, 2.24) is 29.5 Å². The molecule has 0 unspecified atom stereocenters. The second kappa shape index (κ2) is 7.31. The van der Waals surface area contributed by atoms with Crippen LogP contribution in [0.1, 0.15) is 55.1 Å². The molecular weight excluding hydrogens is 316 g/mol. The Morgan fingerprint density at radius 1 is 1.28 bits per heavy atom. The Kier molecular flexibility index (Phi) is 5.13. The molecule has 7 heteroatoms. The van der Waals surface area contributed by atoms with Gasteiger partial charge in [-0.3, -0.25) is 14.4 Å². The van der Waals surface area contributed by atoms with E-state index in [0.29, 0.717) is 11.7 Å². The molecule has 1 atom stereocenters. The summed E-state index contributed by atoms with van der Waals surface area (Å²) in [6, 6.07) is 4.12. The van der Waals surface area contributed by atoms with Crippen LogP contribution in [0.2, 0.25) is 0 Å². The molecule has 0 bridgehead atoms. The number of carbonyl (C=O) groups is 1. The van der Waals surface area contributed by atoms with E-state index >= 15 is 0 Å². The first-order chi connectivity index (χ1) is 12.0. The molecule has 1 amide bonds. The smallest absolute Gasteiger partial charge is 0.274 e. The molecule has 0 spiro atoms. The van der Waals surface area contributed by atoms with Crippen LogP contribution in [-0.2, 0) is 13.1 Å². The summed E-state index contributed by atoms with van der Waals surface area (Å²) in [7, 11) is 1.79. The third-order valence-corrected chi connectivity index (χ3v) is 4.93. The number of carbonyl (C=O) groups excluding carboxylic acids is 1. The average Bonchev–Trinajstić information content (AvgIpc) is 2.91. The van der Waals surface area contributed by atoms with E-state index in [1.54, 1.807) is 18.1 Å². The first kappa shape index (κ1) is 17.5. The van der Waals surface area contributed by atoms with Crippen LogP contribution in [-0.4, -0.2) is 55.1 Å². The maximum Gasteiger partial charge on any atom is 0.274 e. The van der Waals surface area contributed by atoms with Crippen molar-refractivity contribution in [2.24, 2.45) is 0 Å². The van der Waals surface area contributed by atoms with E-state index in [-0.39, 0.29) is 11.9 Å². The second-order valence-electron chi connectivity index (χ2n) is 6.89. The molecule has 0 aliphatic carbocycles. The Morgan fingerprint density at radius 3 is 2.76 bits per heavy atom. The third kappa shape index (κ3) is 3.71. The quantitative estimate of drug-likeness (QED) is 0.851. The van der Waals surface area contributed by atoms with Crippen molar-refractivity contribution in [3.63, 3.8) is 0 Å². The third-order valence-electron chi connectivity index (χ3n) is 4.93. The molecule has 3 heterocycles. The van der Waals surface area contributed by atoms with Gasteiger partial charge in [-0.15, -0.1) is 0 Å². The summed E-state index contributed by atoms with van der Waals surface area (Å²) in [6.45, 7) is 9.13. The number of nitrogens with zero attached hydrogens (tertiary/aromatic N) is 6. The fourth-order valence-electron chi connectivity index (χ4n) is 3.14. The lowest BCUT2D eigenvalue weighted by molar-refractivity contribution is 0.0732. The molecular formula is C18H26N6O. The van der Waals surface area contributed by atoms with Crippen LogP contribution in [0.25, 0.3) is 0 Å². The first-order valence-corrected chi connectivity index (χ1v) is 8.81. The number of hydrogen-bond donors (Lipinski definition) is 0. The molecule has 134 valence electrons. The van der Waals surface area contributed by atoms with Crippen molar-refractivity contribution in [2.45, 2.75) is 52.4 Å². The van der Waals surface area contributed by atoms with Gasteiger partial charge in [0.05, 0.1) is 17.4 Å². The minimum absolute atomic E-state index is 0.0808. The summed E-state index contributed by atoms with van der Waals surface area (Å²) in [4.78, 5) is 25.2.